The Hall–Kier alpha value is -0.650. The van der Waals surface area contributed by atoms with Crippen molar-refractivity contribution in [3.63, 3.8) is 0 Å². The minimum atomic E-state index is -0.884. The van der Waals surface area contributed by atoms with E-state index in [2.05, 4.69) is 5.48 Å². The lowest BCUT2D eigenvalue weighted by molar-refractivity contribution is -0.209. The fourth-order valence-electron chi connectivity index (χ4n) is 1.60. The number of nitrogens with one attached hydrogen (secondary N) is 1. The fourth-order valence-corrected chi connectivity index (χ4v) is 1.60. The number of hydrogen-bond donors (Lipinski definition) is 2. The first-order chi connectivity index (χ1) is 7.65. The van der Waals surface area contributed by atoms with Gasteiger partial charge in [0, 0.05) is 13.0 Å². The van der Waals surface area contributed by atoms with Crippen molar-refractivity contribution in [2.24, 2.45) is 5.92 Å². The third-order valence-corrected chi connectivity index (χ3v) is 2.94. The molecule has 0 amide bonds. The molecule has 2 N–H and O–H groups in total. The molecule has 0 aromatic heterocycles. The van der Waals surface area contributed by atoms with Crippen molar-refractivity contribution in [1.29, 1.82) is 0 Å². The Balaban J connectivity index is 2.33. The predicted octanol–water partition coefficient (Wildman–Crippen LogP) is 1.53. The van der Waals surface area contributed by atoms with Crippen LogP contribution in [0.4, 0.5) is 0 Å². The number of carboxylic acid groups (broad SMARTS) is 1. The highest BCUT2D eigenvalue weighted by molar-refractivity contribution is 5.73. The van der Waals surface area contributed by atoms with Crippen LogP contribution in [-0.2, 0) is 14.4 Å². The van der Waals surface area contributed by atoms with Crippen LogP contribution in [0.5, 0.6) is 0 Å². The van der Waals surface area contributed by atoms with Gasteiger partial charge in [-0.25, -0.2) is 0 Å². The van der Waals surface area contributed by atoms with E-state index in [9.17, 15) is 4.79 Å². The van der Waals surface area contributed by atoms with Crippen LogP contribution in [0, 0.1) is 5.92 Å². The standard InChI is InChI=1S/C11H21NO4/c1-3-8(2)10(11(13)14)12-16-9-6-4-5-7-15-9/h8-10,12H,3-7H2,1-2H3,(H,13,14). The molecule has 1 fully saturated rings. The maximum Gasteiger partial charge on any atom is 0.323 e. The van der Waals surface area contributed by atoms with Crippen LogP contribution in [0.2, 0.25) is 0 Å². The Labute approximate surface area is 96.1 Å². The molecule has 3 unspecified atom stereocenters. The largest absolute Gasteiger partial charge is 0.480 e. The molecule has 1 aliphatic rings. The molecule has 5 heteroatoms. The molecule has 0 spiro atoms. The molecule has 16 heavy (non-hydrogen) atoms. The Morgan fingerprint density at radius 2 is 2.38 bits per heavy atom. The van der Waals surface area contributed by atoms with E-state index in [4.69, 9.17) is 14.7 Å². The third kappa shape index (κ3) is 4.08. The zero-order valence-electron chi connectivity index (χ0n) is 9.94. The van der Waals surface area contributed by atoms with Gasteiger partial charge in [-0.05, 0) is 18.8 Å². The molecule has 1 aliphatic heterocycles. The monoisotopic (exact) mass is 231 g/mol. The second kappa shape index (κ2) is 6.83. The van der Waals surface area contributed by atoms with Crippen LogP contribution in [0.15, 0.2) is 0 Å². The third-order valence-electron chi connectivity index (χ3n) is 2.94. The highest BCUT2D eigenvalue weighted by Gasteiger charge is 2.25. The van der Waals surface area contributed by atoms with Crippen LogP contribution in [0.3, 0.4) is 0 Å². The van der Waals surface area contributed by atoms with Gasteiger partial charge in [-0.1, -0.05) is 20.3 Å². The molecule has 94 valence electrons. The van der Waals surface area contributed by atoms with Gasteiger partial charge in [0.1, 0.15) is 6.04 Å². The molecule has 1 heterocycles. The lowest BCUT2D eigenvalue weighted by Gasteiger charge is -2.26. The molecule has 1 rings (SSSR count). The second-order valence-electron chi connectivity index (χ2n) is 4.23. The molecule has 0 radical (unpaired) electrons. The van der Waals surface area contributed by atoms with E-state index in [0.717, 1.165) is 25.7 Å². The van der Waals surface area contributed by atoms with Crippen molar-refractivity contribution in [2.45, 2.75) is 51.9 Å². The molecule has 3 atom stereocenters. The second-order valence-corrected chi connectivity index (χ2v) is 4.23. The first kappa shape index (κ1) is 13.4. The molecule has 0 saturated carbocycles. The minimum Gasteiger partial charge on any atom is -0.480 e. The number of rotatable bonds is 6. The van der Waals surface area contributed by atoms with Crippen molar-refractivity contribution in [3.8, 4) is 0 Å². The van der Waals surface area contributed by atoms with Gasteiger partial charge < -0.3 is 9.84 Å². The summed E-state index contributed by atoms with van der Waals surface area (Å²) in [7, 11) is 0. The van der Waals surface area contributed by atoms with Crippen LogP contribution in [0.25, 0.3) is 0 Å². The summed E-state index contributed by atoms with van der Waals surface area (Å²) in [6.07, 6.45) is 3.42. The van der Waals surface area contributed by atoms with Gasteiger partial charge in [0.2, 0.25) is 0 Å². The normalized spacial score (nSPS) is 25.0. The Morgan fingerprint density at radius 1 is 1.62 bits per heavy atom. The van der Waals surface area contributed by atoms with Gasteiger partial charge in [-0.2, -0.15) is 5.48 Å². The maximum atomic E-state index is 11.0. The van der Waals surface area contributed by atoms with Crippen molar-refractivity contribution >= 4 is 5.97 Å². The number of aliphatic carboxylic acids is 1. The van der Waals surface area contributed by atoms with E-state index in [0.29, 0.717) is 6.61 Å². The molecule has 0 aromatic carbocycles. The SMILES string of the molecule is CCC(C)C(NOC1CCCCO1)C(=O)O. The molecular formula is C11H21NO4. The first-order valence-electron chi connectivity index (χ1n) is 5.90. The highest BCUT2D eigenvalue weighted by atomic mass is 16.8. The minimum absolute atomic E-state index is 0.0288. The molecule has 0 aromatic rings. The smallest absolute Gasteiger partial charge is 0.323 e. The number of hydrogen-bond acceptors (Lipinski definition) is 4. The highest BCUT2D eigenvalue weighted by Crippen LogP contribution is 2.14. The average Bonchev–Trinajstić information content (AvgIpc) is 2.30. The Bertz CT molecular complexity index is 216. The van der Waals surface area contributed by atoms with Gasteiger partial charge in [-0.3, -0.25) is 9.63 Å². The summed E-state index contributed by atoms with van der Waals surface area (Å²) in [6, 6.07) is -0.671. The molecule has 0 aliphatic carbocycles. The van der Waals surface area contributed by atoms with Crippen molar-refractivity contribution < 1.29 is 19.5 Å². The summed E-state index contributed by atoms with van der Waals surface area (Å²) >= 11 is 0. The Morgan fingerprint density at radius 3 is 2.88 bits per heavy atom. The molecule has 5 nitrogen and oxygen atoms in total. The number of carbonyl (C=O) groups is 1. The van der Waals surface area contributed by atoms with Crippen molar-refractivity contribution in [3.05, 3.63) is 0 Å². The number of hydroxylamine groups is 1. The van der Waals surface area contributed by atoms with Crippen LogP contribution >= 0.6 is 0 Å². The molecule has 1 saturated heterocycles. The predicted molar refractivity (Wildman–Crippen MR) is 58.7 cm³/mol. The summed E-state index contributed by atoms with van der Waals surface area (Å²) in [4.78, 5) is 16.3. The molecular weight excluding hydrogens is 210 g/mol. The molecule has 0 bridgehead atoms. The average molecular weight is 231 g/mol. The summed E-state index contributed by atoms with van der Waals surface area (Å²) in [5, 5.41) is 9.02. The zero-order valence-corrected chi connectivity index (χ0v) is 9.94. The maximum absolute atomic E-state index is 11.0. The van der Waals surface area contributed by atoms with E-state index in [-0.39, 0.29) is 12.2 Å². The summed E-state index contributed by atoms with van der Waals surface area (Å²) in [5.41, 5.74) is 2.62. The van der Waals surface area contributed by atoms with Crippen LogP contribution in [-0.4, -0.2) is 30.0 Å². The number of carboxylic acids is 1. The van der Waals surface area contributed by atoms with Gasteiger partial charge in [-0.15, -0.1) is 0 Å². The lowest BCUT2D eigenvalue weighted by Crippen LogP contribution is -2.44. The summed E-state index contributed by atoms with van der Waals surface area (Å²) in [6.45, 7) is 4.53. The summed E-state index contributed by atoms with van der Waals surface area (Å²) < 4.78 is 5.34. The van der Waals surface area contributed by atoms with E-state index < -0.39 is 12.0 Å². The van der Waals surface area contributed by atoms with E-state index >= 15 is 0 Å². The number of ether oxygens (including phenoxy) is 1. The van der Waals surface area contributed by atoms with Gasteiger partial charge >= 0.3 is 5.97 Å². The fraction of sp³-hybridized carbons (Fsp3) is 0.909. The first-order valence-corrected chi connectivity index (χ1v) is 5.90. The van der Waals surface area contributed by atoms with Gasteiger partial charge in [0.05, 0.1) is 0 Å². The Kier molecular flexibility index (Phi) is 5.73. The van der Waals surface area contributed by atoms with E-state index in [1.165, 1.54) is 0 Å². The van der Waals surface area contributed by atoms with E-state index in [1.54, 1.807) is 0 Å². The van der Waals surface area contributed by atoms with Gasteiger partial charge in [0.25, 0.3) is 0 Å². The lowest BCUT2D eigenvalue weighted by atomic mass is 10.0. The van der Waals surface area contributed by atoms with Crippen molar-refractivity contribution in [2.75, 3.05) is 6.61 Å². The summed E-state index contributed by atoms with van der Waals surface area (Å²) in [5.74, 6) is -0.855. The van der Waals surface area contributed by atoms with Crippen LogP contribution < -0.4 is 5.48 Å². The zero-order chi connectivity index (χ0) is 12.0. The quantitative estimate of drug-likeness (QED) is 0.679. The van der Waals surface area contributed by atoms with Gasteiger partial charge in [0.15, 0.2) is 6.29 Å². The van der Waals surface area contributed by atoms with E-state index in [1.807, 2.05) is 13.8 Å². The topological polar surface area (TPSA) is 67.8 Å². The van der Waals surface area contributed by atoms with Crippen LogP contribution in [0.1, 0.15) is 39.5 Å². The van der Waals surface area contributed by atoms with Crippen molar-refractivity contribution in [1.82, 2.24) is 5.48 Å².